The number of Topliss-reactive ketones (excluding diaryl/α,β-unsaturated/α-hetero) is 2. The normalized spacial score (nSPS) is 12.2. The summed E-state index contributed by atoms with van der Waals surface area (Å²) < 4.78 is 43.3. The molecule has 0 aromatic heterocycles. The van der Waals surface area contributed by atoms with Crippen LogP contribution in [-0.4, -0.2) is 84.1 Å². The third-order valence-corrected chi connectivity index (χ3v) is 9.55. The van der Waals surface area contributed by atoms with Crippen LogP contribution in [0.3, 0.4) is 0 Å². The van der Waals surface area contributed by atoms with Gasteiger partial charge in [-0.3, -0.25) is 14.8 Å². The van der Waals surface area contributed by atoms with Crippen molar-refractivity contribution in [3.63, 3.8) is 0 Å². The fraction of sp³-hybridized carbons (Fsp3) is 0.258. The zero-order chi connectivity index (χ0) is 35.6. The van der Waals surface area contributed by atoms with Gasteiger partial charge >= 0.3 is 90.8 Å². The first kappa shape index (κ1) is 38.6. The predicted octanol–water partition coefficient (Wildman–Crippen LogP) is 6.67. The van der Waals surface area contributed by atoms with Crippen LogP contribution in [-0.2, 0) is 7.90 Å². The number of alkyl halides is 4. The Labute approximate surface area is 277 Å². The molecule has 1 heterocycles. The summed E-state index contributed by atoms with van der Waals surface area (Å²) in [5.41, 5.74) is 1.82. The van der Waals surface area contributed by atoms with E-state index in [-0.39, 0.29) is 28.3 Å². The Bertz CT molecular complexity index is 1580. The van der Waals surface area contributed by atoms with Gasteiger partial charge in [0.2, 0.25) is 0 Å². The quantitative estimate of drug-likeness (QED) is 0.0999. The first-order valence-electron chi connectivity index (χ1n) is 13.5. The van der Waals surface area contributed by atoms with Gasteiger partial charge in [-0.2, -0.15) is 15.0 Å². The molecule has 1 aliphatic heterocycles. The Hall–Kier alpha value is -4.55. The molecule has 12 nitrogen and oxygen atoms in total. The molecular formula is C31H34F3IN4O8. The van der Waals surface area contributed by atoms with E-state index in [1.54, 1.807) is 12.1 Å². The van der Waals surface area contributed by atoms with Crippen molar-refractivity contribution >= 4 is 61.2 Å². The SMILES string of the molecule is CC(=O)c1ccc(N(O)C(=O)N(C)C)cc1.CC(=O)c1ccc(N(OC(F)(F)F)C(=O)N(C)C)cc1.CI1OC(=O)c2ccccc21. The molecule has 0 atom stereocenters. The number of urea groups is 2. The minimum absolute atomic E-state index is 0.0602. The van der Waals surface area contributed by atoms with Gasteiger partial charge in [0.25, 0.3) is 0 Å². The number of carbonyl (C=O) groups is 5. The Morgan fingerprint density at radius 3 is 1.60 bits per heavy atom. The van der Waals surface area contributed by atoms with Crippen molar-refractivity contribution < 1.29 is 50.3 Å². The number of benzene rings is 3. The fourth-order valence-corrected chi connectivity index (χ4v) is 6.51. The average molecular weight is 775 g/mol. The standard InChI is InChI=1S/C12H13F3N2O3.C11H14N2O3.C8H7IO2/c1-8(18)9-4-6-10(7-5-9)17(11(19)16(2)3)20-12(13,14)15;1-8(14)9-4-6-10(7-5-9)13(16)11(15)12(2)3;1-9-7-5-3-2-4-6(7)8(10)11-9/h4-7H,1-3H3;4-7,16H,1-3H3;2-5H,1H3. The third kappa shape index (κ3) is 11.3. The Kier molecular flexibility index (Phi) is 13.8. The van der Waals surface area contributed by atoms with Gasteiger partial charge in [0, 0.05) is 39.3 Å². The number of anilines is 2. The van der Waals surface area contributed by atoms with Crippen LogP contribution in [0.15, 0.2) is 72.8 Å². The average Bonchev–Trinajstić information content (AvgIpc) is 3.31. The molecule has 1 aliphatic rings. The predicted molar refractivity (Wildman–Crippen MR) is 175 cm³/mol. The molecule has 254 valence electrons. The summed E-state index contributed by atoms with van der Waals surface area (Å²) in [6.07, 6.45) is -5.01. The summed E-state index contributed by atoms with van der Waals surface area (Å²) >= 11 is -1.52. The molecule has 3 aromatic rings. The van der Waals surface area contributed by atoms with E-state index in [1.807, 2.05) is 29.2 Å². The molecule has 0 unspecified atom stereocenters. The summed E-state index contributed by atoms with van der Waals surface area (Å²) in [6, 6.07) is 17.3. The van der Waals surface area contributed by atoms with Crippen LogP contribution in [0.2, 0.25) is 0 Å². The van der Waals surface area contributed by atoms with Crippen LogP contribution in [0, 0.1) is 3.57 Å². The number of nitrogens with zero attached hydrogens (tertiary/aromatic N) is 4. The first-order valence-corrected chi connectivity index (χ1v) is 17.6. The maximum atomic E-state index is 12.3. The molecule has 0 fully saturated rings. The van der Waals surface area contributed by atoms with Crippen molar-refractivity contribution in [2.75, 3.05) is 43.2 Å². The van der Waals surface area contributed by atoms with Gasteiger partial charge in [-0.1, -0.05) is 0 Å². The van der Waals surface area contributed by atoms with E-state index in [2.05, 4.69) is 4.84 Å². The molecule has 4 rings (SSSR count). The van der Waals surface area contributed by atoms with Crippen molar-refractivity contribution in [2.24, 2.45) is 0 Å². The van der Waals surface area contributed by atoms with Crippen molar-refractivity contribution in [2.45, 2.75) is 20.2 Å². The van der Waals surface area contributed by atoms with E-state index in [9.17, 15) is 42.4 Å². The molecular weight excluding hydrogens is 740 g/mol. The minimum atomic E-state index is -5.01. The van der Waals surface area contributed by atoms with E-state index in [4.69, 9.17) is 3.07 Å². The maximum absolute atomic E-state index is 12.3. The Morgan fingerprint density at radius 1 is 0.745 bits per heavy atom. The van der Waals surface area contributed by atoms with Crippen LogP contribution in [0.5, 0.6) is 0 Å². The number of rotatable bonds is 5. The molecule has 0 saturated carbocycles. The number of ketones is 2. The van der Waals surface area contributed by atoms with Gasteiger partial charge in [0.1, 0.15) is 0 Å². The molecule has 4 amide bonds. The van der Waals surface area contributed by atoms with Gasteiger partial charge in [-0.25, -0.2) is 9.59 Å². The van der Waals surface area contributed by atoms with E-state index in [1.165, 1.54) is 83.3 Å². The molecule has 3 aromatic carbocycles. The third-order valence-electron chi connectivity index (χ3n) is 5.91. The molecule has 0 saturated heterocycles. The van der Waals surface area contributed by atoms with Gasteiger partial charge in [-0.05, 0) is 62.4 Å². The number of hydrogen-bond acceptors (Lipinski definition) is 8. The molecule has 1 N–H and O–H groups in total. The second-order valence-electron chi connectivity index (χ2n) is 9.97. The van der Waals surface area contributed by atoms with Gasteiger partial charge in [-0.15, -0.1) is 13.2 Å². The van der Waals surface area contributed by atoms with E-state index in [0.29, 0.717) is 21.9 Å². The summed E-state index contributed by atoms with van der Waals surface area (Å²) in [5, 5.41) is 10.2. The Balaban J connectivity index is 0.000000254. The van der Waals surface area contributed by atoms with Crippen molar-refractivity contribution in [1.29, 1.82) is 0 Å². The van der Waals surface area contributed by atoms with Crippen LogP contribution < -0.4 is 10.1 Å². The number of hydroxylamine groups is 2. The number of carbonyl (C=O) groups excluding carboxylic acids is 5. The van der Waals surface area contributed by atoms with Crippen molar-refractivity contribution in [3.8, 4) is 0 Å². The van der Waals surface area contributed by atoms with E-state index < -0.39 is 38.7 Å². The number of hydrogen-bond donors (Lipinski definition) is 1. The zero-order valence-electron chi connectivity index (χ0n) is 26.5. The van der Waals surface area contributed by atoms with Gasteiger partial charge < -0.3 is 9.80 Å². The van der Waals surface area contributed by atoms with Crippen molar-refractivity contribution in [3.05, 3.63) is 93.1 Å². The first-order chi connectivity index (χ1) is 21.8. The molecule has 0 bridgehead atoms. The fourth-order valence-electron chi connectivity index (χ4n) is 3.50. The van der Waals surface area contributed by atoms with Gasteiger partial charge in [0.15, 0.2) is 11.6 Å². The van der Waals surface area contributed by atoms with Crippen LogP contribution in [0.4, 0.5) is 34.1 Å². The van der Waals surface area contributed by atoms with Crippen LogP contribution in [0.1, 0.15) is 44.9 Å². The second kappa shape index (κ2) is 16.8. The van der Waals surface area contributed by atoms with Crippen LogP contribution >= 0.6 is 20.2 Å². The molecule has 47 heavy (non-hydrogen) atoms. The van der Waals surface area contributed by atoms with Gasteiger partial charge in [0.05, 0.1) is 11.4 Å². The second-order valence-corrected chi connectivity index (χ2v) is 14.0. The molecule has 0 radical (unpaired) electrons. The van der Waals surface area contributed by atoms with E-state index >= 15 is 0 Å². The monoisotopic (exact) mass is 774 g/mol. The topological polar surface area (TPSA) is 137 Å². The van der Waals surface area contributed by atoms with E-state index in [0.717, 1.165) is 14.0 Å². The number of amides is 4. The molecule has 16 heteroatoms. The molecule has 0 aliphatic carbocycles. The zero-order valence-corrected chi connectivity index (χ0v) is 28.7. The summed E-state index contributed by atoms with van der Waals surface area (Å²) in [6.45, 7) is 2.78. The van der Waals surface area contributed by atoms with Crippen molar-refractivity contribution in [1.82, 2.24) is 9.80 Å². The number of halogens is 4. The summed E-state index contributed by atoms with van der Waals surface area (Å²) in [5.74, 6) is -0.429. The summed E-state index contributed by atoms with van der Waals surface area (Å²) in [7, 11) is 5.66. The van der Waals surface area contributed by atoms with Crippen LogP contribution in [0.25, 0.3) is 0 Å². The molecule has 0 spiro atoms. The number of fused-ring (bicyclic) bond motifs is 1. The Morgan fingerprint density at radius 2 is 1.19 bits per heavy atom. The summed E-state index contributed by atoms with van der Waals surface area (Å²) in [4.78, 5) is 64.2.